The Balaban J connectivity index is 2.78. The van der Waals surface area contributed by atoms with Crippen LogP contribution in [0.15, 0.2) is 12.1 Å². The van der Waals surface area contributed by atoms with Crippen LogP contribution in [0, 0.1) is 5.92 Å². The highest BCUT2D eigenvalue weighted by Crippen LogP contribution is 2.25. The van der Waals surface area contributed by atoms with Gasteiger partial charge in [0, 0.05) is 13.1 Å². The van der Waals surface area contributed by atoms with Crippen molar-refractivity contribution in [2.75, 3.05) is 31.1 Å². The summed E-state index contributed by atoms with van der Waals surface area (Å²) in [6, 6.07) is 3.29. The summed E-state index contributed by atoms with van der Waals surface area (Å²) < 4.78 is 0. The molecule has 0 unspecified atom stereocenters. The summed E-state index contributed by atoms with van der Waals surface area (Å²) in [7, 11) is 0. The summed E-state index contributed by atoms with van der Waals surface area (Å²) in [5.74, 6) is -0.428. The smallest absolute Gasteiger partial charge is 0.337 e. The van der Waals surface area contributed by atoms with Gasteiger partial charge in [-0.25, -0.2) is 4.79 Å². The van der Waals surface area contributed by atoms with E-state index in [9.17, 15) is 4.79 Å². The van der Waals surface area contributed by atoms with Crippen LogP contribution in [-0.4, -0.2) is 35.6 Å². The van der Waals surface area contributed by atoms with Gasteiger partial charge in [-0.1, -0.05) is 26.8 Å². The van der Waals surface area contributed by atoms with E-state index in [1.807, 2.05) is 0 Å². The average Bonchev–Trinajstić information content (AvgIpc) is 2.37. The van der Waals surface area contributed by atoms with Crippen LogP contribution >= 0.6 is 0 Å². The summed E-state index contributed by atoms with van der Waals surface area (Å²) in [5, 5.41) is 8.99. The maximum Gasteiger partial charge on any atom is 0.337 e. The van der Waals surface area contributed by atoms with E-state index in [-0.39, 0.29) is 11.3 Å². The first-order chi connectivity index (χ1) is 9.36. The minimum atomic E-state index is -1.05. The zero-order valence-electron chi connectivity index (χ0n) is 12.5. The molecule has 0 radical (unpaired) electrons. The number of aromatic carboxylic acids is 1. The van der Waals surface area contributed by atoms with Gasteiger partial charge in [0.1, 0.15) is 0 Å². The highest BCUT2D eigenvalue weighted by molar-refractivity contribution is 5.97. The molecule has 1 rings (SSSR count). The number of hydrogen-bond acceptors (Lipinski definition) is 4. The van der Waals surface area contributed by atoms with Gasteiger partial charge in [0.2, 0.25) is 0 Å². The molecule has 0 atom stereocenters. The molecule has 0 amide bonds. The van der Waals surface area contributed by atoms with Crippen LogP contribution in [0.1, 0.15) is 36.7 Å². The monoisotopic (exact) mass is 279 g/mol. The van der Waals surface area contributed by atoms with Gasteiger partial charge in [0.15, 0.2) is 0 Å². The van der Waals surface area contributed by atoms with Gasteiger partial charge in [-0.05, 0) is 30.5 Å². The molecular formula is C15H25N3O2. The van der Waals surface area contributed by atoms with Crippen molar-refractivity contribution in [1.29, 1.82) is 0 Å². The third kappa shape index (κ3) is 4.13. The highest BCUT2D eigenvalue weighted by Gasteiger charge is 2.14. The van der Waals surface area contributed by atoms with Crippen LogP contribution in [0.5, 0.6) is 0 Å². The van der Waals surface area contributed by atoms with Crippen LogP contribution in [0.2, 0.25) is 0 Å². The van der Waals surface area contributed by atoms with E-state index >= 15 is 0 Å². The molecule has 0 aliphatic carbocycles. The Bertz CT molecular complexity index is 472. The fraction of sp³-hybridized carbons (Fsp3) is 0.533. The summed E-state index contributed by atoms with van der Waals surface area (Å²) in [5.41, 5.74) is 13.3. The maximum absolute atomic E-state index is 11.0. The lowest BCUT2D eigenvalue weighted by Crippen LogP contribution is -2.29. The second kappa shape index (κ2) is 7.14. The molecule has 5 N–H and O–H groups in total. The first-order valence-electron chi connectivity index (χ1n) is 6.99. The van der Waals surface area contributed by atoms with Gasteiger partial charge in [0.05, 0.1) is 16.9 Å². The van der Waals surface area contributed by atoms with Crippen LogP contribution in [0.4, 0.5) is 11.4 Å². The number of nitrogen functional groups attached to an aromatic ring is 2. The third-order valence-electron chi connectivity index (χ3n) is 3.38. The molecule has 112 valence electrons. The van der Waals surface area contributed by atoms with Gasteiger partial charge in [-0.3, -0.25) is 0 Å². The van der Waals surface area contributed by atoms with Crippen molar-refractivity contribution in [1.82, 2.24) is 4.90 Å². The lowest BCUT2D eigenvalue weighted by molar-refractivity contribution is 0.0698. The van der Waals surface area contributed by atoms with Gasteiger partial charge in [-0.2, -0.15) is 0 Å². The molecule has 5 nitrogen and oxygen atoms in total. The minimum absolute atomic E-state index is 0.0702. The van der Waals surface area contributed by atoms with E-state index in [1.54, 1.807) is 6.07 Å². The normalized spacial score (nSPS) is 11.2. The van der Waals surface area contributed by atoms with Crippen LogP contribution in [-0.2, 0) is 6.42 Å². The van der Waals surface area contributed by atoms with Crippen molar-refractivity contribution in [3.63, 3.8) is 0 Å². The van der Waals surface area contributed by atoms with Gasteiger partial charge in [0.25, 0.3) is 0 Å². The summed E-state index contributed by atoms with van der Waals surface area (Å²) in [4.78, 5) is 13.3. The van der Waals surface area contributed by atoms with Crippen LogP contribution < -0.4 is 11.5 Å². The Morgan fingerprint density at radius 2 is 1.95 bits per heavy atom. The molecule has 0 aromatic heterocycles. The zero-order valence-corrected chi connectivity index (χ0v) is 12.5. The lowest BCUT2D eigenvalue weighted by atomic mass is 10.0. The average molecular weight is 279 g/mol. The number of nitrogens with two attached hydrogens (primary N) is 2. The molecule has 1 aromatic rings. The lowest BCUT2D eigenvalue weighted by Gasteiger charge is -2.23. The Labute approximate surface area is 120 Å². The molecule has 0 saturated heterocycles. The van der Waals surface area contributed by atoms with Gasteiger partial charge < -0.3 is 21.5 Å². The molecule has 0 saturated carbocycles. The van der Waals surface area contributed by atoms with Crippen molar-refractivity contribution in [2.45, 2.75) is 27.2 Å². The maximum atomic E-state index is 11.0. The summed E-state index contributed by atoms with van der Waals surface area (Å²) in [6.07, 6.45) is 0.774. The fourth-order valence-corrected chi connectivity index (χ4v) is 2.26. The predicted octanol–water partition coefficient (Wildman–Crippen LogP) is 2.07. The fourth-order valence-electron chi connectivity index (χ4n) is 2.26. The topological polar surface area (TPSA) is 92.6 Å². The first-order valence-corrected chi connectivity index (χ1v) is 6.99. The van der Waals surface area contributed by atoms with Gasteiger partial charge >= 0.3 is 5.97 Å². The Hall–Kier alpha value is -1.75. The van der Waals surface area contributed by atoms with Crippen molar-refractivity contribution in [2.24, 2.45) is 5.92 Å². The number of carboxylic acids is 1. The quantitative estimate of drug-likeness (QED) is 0.664. The molecule has 1 aromatic carbocycles. The van der Waals surface area contributed by atoms with E-state index in [4.69, 9.17) is 16.6 Å². The molecule has 0 spiro atoms. The molecule has 0 bridgehead atoms. The third-order valence-corrected chi connectivity index (χ3v) is 3.38. The molecule has 0 heterocycles. The molecule has 5 heteroatoms. The Kier molecular flexibility index (Phi) is 5.82. The van der Waals surface area contributed by atoms with Crippen LogP contribution in [0.25, 0.3) is 0 Å². The Morgan fingerprint density at radius 1 is 1.30 bits per heavy atom. The molecular weight excluding hydrogens is 254 g/mol. The van der Waals surface area contributed by atoms with E-state index in [0.717, 1.165) is 31.6 Å². The van der Waals surface area contributed by atoms with Crippen LogP contribution in [0.3, 0.4) is 0 Å². The second-order valence-electron chi connectivity index (χ2n) is 5.44. The van der Waals surface area contributed by atoms with E-state index in [2.05, 4.69) is 25.7 Å². The minimum Gasteiger partial charge on any atom is -0.478 e. The number of hydrogen-bond donors (Lipinski definition) is 3. The number of likely N-dealkylation sites (N-methyl/N-ethyl adjacent to an activating group) is 1. The van der Waals surface area contributed by atoms with Crippen molar-refractivity contribution < 1.29 is 9.90 Å². The number of carbonyl (C=O) groups is 1. The second-order valence-corrected chi connectivity index (χ2v) is 5.44. The predicted molar refractivity (Wildman–Crippen MR) is 82.9 cm³/mol. The zero-order chi connectivity index (χ0) is 15.3. The summed E-state index contributed by atoms with van der Waals surface area (Å²) >= 11 is 0. The SMILES string of the molecule is CCN(CCc1ccc(C(=O)O)c(N)c1N)CC(C)C. The first kappa shape index (κ1) is 16.3. The standard InChI is InChI=1S/C15H25N3O2/c1-4-18(9-10(2)3)8-7-11-5-6-12(15(19)20)14(17)13(11)16/h5-6,10H,4,7-9,16-17H2,1-3H3,(H,19,20). The Morgan fingerprint density at radius 3 is 2.45 bits per heavy atom. The van der Waals surface area contributed by atoms with E-state index in [0.29, 0.717) is 11.6 Å². The molecule has 0 aliphatic rings. The molecule has 0 fully saturated rings. The van der Waals surface area contributed by atoms with E-state index in [1.165, 1.54) is 6.07 Å². The molecule has 20 heavy (non-hydrogen) atoms. The highest BCUT2D eigenvalue weighted by atomic mass is 16.4. The largest absolute Gasteiger partial charge is 0.478 e. The van der Waals surface area contributed by atoms with E-state index < -0.39 is 5.97 Å². The number of nitrogens with zero attached hydrogens (tertiary/aromatic N) is 1. The van der Waals surface area contributed by atoms with Gasteiger partial charge in [-0.15, -0.1) is 0 Å². The number of anilines is 2. The van der Waals surface area contributed by atoms with Crippen molar-refractivity contribution in [3.8, 4) is 0 Å². The summed E-state index contributed by atoms with van der Waals surface area (Å²) in [6.45, 7) is 9.44. The number of benzene rings is 1. The number of rotatable bonds is 7. The molecule has 0 aliphatic heterocycles. The van der Waals surface area contributed by atoms with Crippen molar-refractivity contribution >= 4 is 17.3 Å². The van der Waals surface area contributed by atoms with Crippen molar-refractivity contribution in [3.05, 3.63) is 23.3 Å². The number of carboxylic acid groups (broad SMARTS) is 1.